The highest BCUT2D eigenvalue weighted by molar-refractivity contribution is 7.92. The molecule has 0 N–H and O–H groups in total. The van der Waals surface area contributed by atoms with Crippen molar-refractivity contribution in [3.8, 4) is 10.6 Å². The molecule has 0 saturated carbocycles. The summed E-state index contributed by atoms with van der Waals surface area (Å²) in [6.07, 6.45) is 2.48. The van der Waals surface area contributed by atoms with Crippen LogP contribution in [0.2, 0.25) is 0 Å². The molecule has 128 valence electrons. The number of hydrogen-bond donors (Lipinski definition) is 0. The third kappa shape index (κ3) is 2.75. The zero-order chi connectivity index (χ0) is 17.6. The van der Waals surface area contributed by atoms with Gasteiger partial charge in [-0.2, -0.15) is 0 Å². The molecule has 0 saturated heterocycles. The fourth-order valence-electron chi connectivity index (χ4n) is 3.09. The molecular weight excluding hydrogens is 352 g/mol. The van der Waals surface area contributed by atoms with Crippen LogP contribution >= 0.6 is 11.3 Å². The van der Waals surface area contributed by atoms with Crippen LogP contribution in [0.25, 0.3) is 10.6 Å². The van der Waals surface area contributed by atoms with E-state index in [9.17, 15) is 8.42 Å². The SMILES string of the molecule is Cc1ccc(S(=O)(=O)N2CCc3ccsc3-c3ncc(C)cc32)cc1. The molecule has 0 fully saturated rings. The van der Waals surface area contributed by atoms with Crippen LogP contribution < -0.4 is 4.31 Å². The number of fused-ring (bicyclic) bond motifs is 3. The minimum atomic E-state index is -3.63. The van der Waals surface area contributed by atoms with Gasteiger partial charge in [-0.1, -0.05) is 17.7 Å². The number of nitrogens with zero attached hydrogens (tertiary/aromatic N) is 2. The van der Waals surface area contributed by atoms with Crippen molar-refractivity contribution >= 4 is 27.0 Å². The summed E-state index contributed by atoms with van der Waals surface area (Å²) >= 11 is 1.61. The number of aromatic nitrogens is 1. The van der Waals surface area contributed by atoms with Crippen LogP contribution in [-0.4, -0.2) is 19.9 Å². The van der Waals surface area contributed by atoms with E-state index in [1.54, 1.807) is 29.7 Å². The highest BCUT2D eigenvalue weighted by atomic mass is 32.2. The lowest BCUT2D eigenvalue weighted by atomic mass is 10.1. The molecule has 0 radical (unpaired) electrons. The van der Waals surface area contributed by atoms with Crippen LogP contribution in [0.1, 0.15) is 16.7 Å². The van der Waals surface area contributed by atoms with E-state index in [4.69, 9.17) is 0 Å². The van der Waals surface area contributed by atoms with Gasteiger partial charge in [0.05, 0.1) is 15.5 Å². The summed E-state index contributed by atoms with van der Waals surface area (Å²) in [7, 11) is -3.63. The average molecular weight is 370 g/mol. The maximum atomic E-state index is 13.3. The van der Waals surface area contributed by atoms with E-state index in [1.807, 2.05) is 37.4 Å². The van der Waals surface area contributed by atoms with E-state index in [0.717, 1.165) is 27.3 Å². The molecule has 0 bridgehead atoms. The zero-order valence-corrected chi connectivity index (χ0v) is 15.7. The molecule has 0 aliphatic carbocycles. The van der Waals surface area contributed by atoms with Crippen LogP contribution in [0.15, 0.2) is 52.9 Å². The Balaban J connectivity index is 1.90. The van der Waals surface area contributed by atoms with Crippen molar-refractivity contribution in [1.82, 2.24) is 4.98 Å². The van der Waals surface area contributed by atoms with Gasteiger partial charge in [-0.3, -0.25) is 9.29 Å². The maximum absolute atomic E-state index is 13.3. The quantitative estimate of drug-likeness (QED) is 0.680. The number of rotatable bonds is 2. The van der Waals surface area contributed by atoms with E-state index < -0.39 is 10.0 Å². The summed E-state index contributed by atoms with van der Waals surface area (Å²) in [5.41, 5.74) is 4.56. The zero-order valence-electron chi connectivity index (χ0n) is 14.1. The molecule has 1 aliphatic rings. The number of pyridine rings is 1. The Kier molecular flexibility index (Phi) is 3.89. The van der Waals surface area contributed by atoms with Gasteiger partial charge in [0.25, 0.3) is 10.0 Å². The molecule has 4 rings (SSSR count). The highest BCUT2D eigenvalue weighted by Gasteiger charge is 2.31. The average Bonchev–Trinajstić information content (AvgIpc) is 2.98. The third-order valence-electron chi connectivity index (χ3n) is 4.43. The van der Waals surface area contributed by atoms with Crippen LogP contribution in [-0.2, 0) is 16.4 Å². The number of aryl methyl sites for hydroxylation is 2. The summed E-state index contributed by atoms with van der Waals surface area (Å²) in [5, 5.41) is 2.04. The smallest absolute Gasteiger partial charge is 0.264 e. The summed E-state index contributed by atoms with van der Waals surface area (Å²) in [4.78, 5) is 5.95. The first-order chi connectivity index (χ1) is 12.0. The van der Waals surface area contributed by atoms with Gasteiger partial charge in [0.2, 0.25) is 0 Å². The van der Waals surface area contributed by atoms with Crippen molar-refractivity contribution in [2.24, 2.45) is 0 Å². The fraction of sp³-hybridized carbons (Fsp3) is 0.211. The predicted octanol–water partition coefficient (Wildman–Crippen LogP) is 4.18. The van der Waals surface area contributed by atoms with E-state index in [1.165, 1.54) is 4.31 Å². The lowest BCUT2D eigenvalue weighted by Gasteiger charge is -2.24. The lowest BCUT2D eigenvalue weighted by Crippen LogP contribution is -2.32. The molecule has 0 amide bonds. The monoisotopic (exact) mass is 370 g/mol. The van der Waals surface area contributed by atoms with Crippen molar-refractivity contribution in [2.75, 3.05) is 10.8 Å². The number of thiophene rings is 1. The van der Waals surface area contributed by atoms with E-state index in [-0.39, 0.29) is 0 Å². The first kappa shape index (κ1) is 16.3. The minimum Gasteiger partial charge on any atom is -0.264 e. The van der Waals surface area contributed by atoms with Gasteiger partial charge in [0.15, 0.2) is 0 Å². The van der Waals surface area contributed by atoms with Crippen LogP contribution in [0, 0.1) is 13.8 Å². The van der Waals surface area contributed by atoms with Crippen molar-refractivity contribution in [1.29, 1.82) is 0 Å². The molecule has 2 aromatic heterocycles. The second-order valence-electron chi connectivity index (χ2n) is 6.30. The van der Waals surface area contributed by atoms with Gasteiger partial charge in [0, 0.05) is 12.7 Å². The van der Waals surface area contributed by atoms with E-state index in [0.29, 0.717) is 23.5 Å². The van der Waals surface area contributed by atoms with Gasteiger partial charge < -0.3 is 0 Å². The van der Waals surface area contributed by atoms with Gasteiger partial charge in [-0.05, 0) is 61.0 Å². The second kappa shape index (κ2) is 5.97. The molecule has 1 aliphatic heterocycles. The van der Waals surface area contributed by atoms with Gasteiger partial charge >= 0.3 is 0 Å². The molecule has 0 unspecified atom stereocenters. The Labute approximate surface area is 151 Å². The van der Waals surface area contributed by atoms with Gasteiger partial charge in [0.1, 0.15) is 5.69 Å². The Morgan fingerprint density at radius 3 is 2.60 bits per heavy atom. The Morgan fingerprint density at radius 2 is 1.84 bits per heavy atom. The summed E-state index contributed by atoms with van der Waals surface area (Å²) in [6.45, 7) is 4.30. The second-order valence-corrected chi connectivity index (χ2v) is 9.07. The molecule has 25 heavy (non-hydrogen) atoms. The summed E-state index contributed by atoms with van der Waals surface area (Å²) in [5.74, 6) is 0. The third-order valence-corrected chi connectivity index (χ3v) is 7.22. The highest BCUT2D eigenvalue weighted by Crippen LogP contribution is 2.40. The van der Waals surface area contributed by atoms with Crippen molar-refractivity contribution < 1.29 is 8.42 Å². The predicted molar refractivity (Wildman–Crippen MR) is 102 cm³/mol. The fourth-order valence-corrected chi connectivity index (χ4v) is 5.51. The van der Waals surface area contributed by atoms with Crippen molar-refractivity contribution in [3.63, 3.8) is 0 Å². The molecule has 0 atom stereocenters. The van der Waals surface area contributed by atoms with Gasteiger partial charge in [-0.25, -0.2) is 8.42 Å². The Bertz CT molecular complexity index is 1040. The Morgan fingerprint density at radius 1 is 1.08 bits per heavy atom. The molecule has 3 aromatic rings. The first-order valence-corrected chi connectivity index (χ1v) is 10.4. The molecule has 0 spiro atoms. The maximum Gasteiger partial charge on any atom is 0.264 e. The normalized spacial score (nSPS) is 13.9. The number of hydrogen-bond acceptors (Lipinski definition) is 4. The van der Waals surface area contributed by atoms with Crippen LogP contribution in [0.5, 0.6) is 0 Å². The molecule has 1 aromatic carbocycles. The van der Waals surface area contributed by atoms with Crippen molar-refractivity contribution in [2.45, 2.75) is 25.2 Å². The molecule has 6 heteroatoms. The number of anilines is 1. The van der Waals surface area contributed by atoms with E-state index >= 15 is 0 Å². The summed E-state index contributed by atoms with van der Waals surface area (Å²) < 4.78 is 28.1. The Hall–Kier alpha value is -2.18. The molecule has 4 nitrogen and oxygen atoms in total. The summed E-state index contributed by atoms with van der Waals surface area (Å²) in [6, 6.07) is 11.0. The van der Waals surface area contributed by atoms with Crippen LogP contribution in [0.3, 0.4) is 0 Å². The first-order valence-electron chi connectivity index (χ1n) is 8.09. The van der Waals surface area contributed by atoms with Crippen molar-refractivity contribution in [3.05, 3.63) is 64.7 Å². The molecular formula is C19H18N2O2S2. The van der Waals surface area contributed by atoms with Gasteiger partial charge in [-0.15, -0.1) is 11.3 Å². The van der Waals surface area contributed by atoms with E-state index in [2.05, 4.69) is 11.1 Å². The minimum absolute atomic E-state index is 0.316. The number of sulfonamides is 1. The molecule has 3 heterocycles. The largest absolute Gasteiger partial charge is 0.264 e. The van der Waals surface area contributed by atoms with Crippen LogP contribution in [0.4, 0.5) is 5.69 Å². The number of benzene rings is 1. The standard InChI is InChI=1S/C19H18N2O2S2/c1-13-3-5-16(6-4-13)25(22,23)21-9-7-15-8-10-24-19(15)18-17(21)11-14(2)12-20-18/h3-6,8,10-12H,7,9H2,1-2H3. The lowest BCUT2D eigenvalue weighted by molar-refractivity contribution is 0.591. The topological polar surface area (TPSA) is 50.3 Å².